The molecule has 0 aliphatic heterocycles. The van der Waals surface area contributed by atoms with Gasteiger partial charge in [0, 0.05) is 23.8 Å². The van der Waals surface area contributed by atoms with E-state index in [0.717, 1.165) is 50.3 Å². The third-order valence-electron chi connectivity index (χ3n) is 6.03. The van der Waals surface area contributed by atoms with Gasteiger partial charge in [-0.25, -0.2) is 9.78 Å². The highest BCUT2D eigenvalue weighted by atomic mass is 16.5. The predicted molar refractivity (Wildman–Crippen MR) is 141 cm³/mol. The van der Waals surface area contributed by atoms with E-state index in [4.69, 9.17) is 13.9 Å². The van der Waals surface area contributed by atoms with Crippen molar-refractivity contribution in [1.29, 1.82) is 0 Å². The van der Waals surface area contributed by atoms with Gasteiger partial charge in [0.2, 0.25) is 5.88 Å². The van der Waals surface area contributed by atoms with Gasteiger partial charge < -0.3 is 13.9 Å². The number of fused-ring (bicyclic) bond motifs is 1. The summed E-state index contributed by atoms with van der Waals surface area (Å²) in [5.41, 5.74) is 0.569. The second-order valence-electron chi connectivity index (χ2n) is 10.3. The molecule has 7 heteroatoms. The van der Waals surface area contributed by atoms with E-state index < -0.39 is 11.0 Å². The smallest absolute Gasteiger partial charge is 0.345 e. The summed E-state index contributed by atoms with van der Waals surface area (Å²) in [6.45, 7) is 9.21. The lowest BCUT2D eigenvalue weighted by Crippen LogP contribution is -2.28. The van der Waals surface area contributed by atoms with Crippen LogP contribution in [0.5, 0.6) is 5.88 Å². The summed E-state index contributed by atoms with van der Waals surface area (Å²) in [4.78, 5) is 33.2. The molecule has 0 radical (unpaired) electrons. The van der Waals surface area contributed by atoms with Crippen LogP contribution in [0.25, 0.3) is 22.2 Å². The van der Waals surface area contributed by atoms with E-state index in [1.165, 1.54) is 0 Å². The number of ether oxygens (including phenoxy) is 2. The zero-order valence-electron chi connectivity index (χ0n) is 21.9. The summed E-state index contributed by atoms with van der Waals surface area (Å²) in [7, 11) is 0. The van der Waals surface area contributed by atoms with Crippen molar-refractivity contribution in [3.63, 3.8) is 0 Å². The molecule has 7 nitrogen and oxygen atoms in total. The molecule has 0 spiro atoms. The molecule has 0 bridgehead atoms. The summed E-state index contributed by atoms with van der Waals surface area (Å²) < 4.78 is 16.7. The second kappa shape index (κ2) is 13.2. The van der Waals surface area contributed by atoms with Gasteiger partial charge in [0.05, 0.1) is 29.9 Å². The van der Waals surface area contributed by atoms with Crippen LogP contribution in [0.3, 0.4) is 0 Å². The fourth-order valence-corrected chi connectivity index (χ4v) is 4.33. The van der Waals surface area contributed by atoms with Crippen molar-refractivity contribution in [2.75, 3.05) is 13.2 Å². The van der Waals surface area contributed by atoms with Crippen molar-refractivity contribution in [3.8, 4) is 17.1 Å². The van der Waals surface area contributed by atoms with Crippen LogP contribution in [-0.2, 0) is 9.53 Å². The molecule has 0 atom stereocenters. The Kier molecular flexibility index (Phi) is 10.0. The van der Waals surface area contributed by atoms with E-state index in [1.807, 2.05) is 19.9 Å². The summed E-state index contributed by atoms with van der Waals surface area (Å²) in [5, 5.41) is 0.719. The summed E-state index contributed by atoms with van der Waals surface area (Å²) in [6.07, 6.45) is 10.2. The Morgan fingerprint density at radius 2 is 1.72 bits per heavy atom. The van der Waals surface area contributed by atoms with Crippen LogP contribution in [0.15, 0.2) is 51.9 Å². The van der Waals surface area contributed by atoms with Gasteiger partial charge in [-0.2, -0.15) is 0 Å². The Balaban J connectivity index is 1.32. The predicted octanol–water partition coefficient (Wildman–Crippen LogP) is 6.58. The first kappa shape index (κ1) is 27.4. The molecular formula is C29H38N2O5. The first-order chi connectivity index (χ1) is 17.3. The highest BCUT2D eigenvalue weighted by Gasteiger charge is 2.29. The van der Waals surface area contributed by atoms with Crippen molar-refractivity contribution in [2.45, 2.75) is 72.6 Å². The number of esters is 1. The Morgan fingerprint density at radius 3 is 2.42 bits per heavy atom. The largest absolute Gasteiger partial charge is 0.478 e. The SMILES string of the molecule is CC(C)CC(C)(C)C(=O)OCCCCCCCCOc1cc2oc(=O)c(-c3ccccn3)cc2cn1. The third-order valence-corrected chi connectivity index (χ3v) is 6.03. The maximum Gasteiger partial charge on any atom is 0.345 e. The first-order valence-electron chi connectivity index (χ1n) is 12.9. The molecule has 0 aliphatic carbocycles. The maximum absolute atomic E-state index is 12.4. The molecule has 0 fully saturated rings. The average Bonchev–Trinajstić information content (AvgIpc) is 2.84. The maximum atomic E-state index is 12.4. The molecule has 0 N–H and O–H groups in total. The Morgan fingerprint density at radius 1 is 1.00 bits per heavy atom. The molecule has 0 saturated heterocycles. The molecule has 0 aromatic carbocycles. The average molecular weight is 495 g/mol. The van der Waals surface area contributed by atoms with E-state index in [9.17, 15) is 9.59 Å². The summed E-state index contributed by atoms with van der Waals surface area (Å²) in [5.74, 6) is 0.821. The van der Waals surface area contributed by atoms with E-state index in [1.54, 1.807) is 36.7 Å². The molecule has 36 heavy (non-hydrogen) atoms. The summed E-state index contributed by atoms with van der Waals surface area (Å²) in [6, 6.07) is 8.80. The number of unbranched alkanes of at least 4 members (excludes halogenated alkanes) is 5. The molecule has 3 aromatic heterocycles. The van der Waals surface area contributed by atoms with Crippen LogP contribution < -0.4 is 10.4 Å². The number of carbonyl (C=O) groups is 1. The molecule has 0 unspecified atom stereocenters. The molecule has 3 heterocycles. The summed E-state index contributed by atoms with van der Waals surface area (Å²) >= 11 is 0. The highest BCUT2D eigenvalue weighted by Crippen LogP contribution is 2.27. The lowest BCUT2D eigenvalue weighted by atomic mass is 9.84. The second-order valence-corrected chi connectivity index (χ2v) is 10.3. The topological polar surface area (TPSA) is 91.5 Å². The first-order valence-corrected chi connectivity index (χ1v) is 12.9. The molecular weight excluding hydrogens is 456 g/mol. The van der Waals surface area contributed by atoms with Crippen LogP contribution in [0.2, 0.25) is 0 Å². The van der Waals surface area contributed by atoms with E-state index in [2.05, 4.69) is 23.8 Å². The van der Waals surface area contributed by atoms with Gasteiger partial charge in [-0.3, -0.25) is 9.78 Å². The number of rotatable bonds is 14. The quantitative estimate of drug-likeness (QED) is 0.184. The Hall–Kier alpha value is -3.22. The lowest BCUT2D eigenvalue weighted by Gasteiger charge is -2.24. The van der Waals surface area contributed by atoms with Crippen LogP contribution in [0, 0.1) is 11.3 Å². The molecule has 3 rings (SSSR count). The van der Waals surface area contributed by atoms with Gasteiger partial charge in [0.15, 0.2) is 0 Å². The highest BCUT2D eigenvalue weighted by molar-refractivity contribution is 5.80. The Labute approximate surface area is 213 Å². The number of hydrogen-bond donors (Lipinski definition) is 0. The number of carbonyl (C=O) groups excluding carboxylic acids is 1. The van der Waals surface area contributed by atoms with Gasteiger partial charge >= 0.3 is 11.6 Å². The van der Waals surface area contributed by atoms with Crippen molar-refractivity contribution in [1.82, 2.24) is 9.97 Å². The lowest BCUT2D eigenvalue weighted by molar-refractivity contribution is -0.155. The normalized spacial score (nSPS) is 11.7. The monoisotopic (exact) mass is 494 g/mol. The number of nitrogens with zero attached hydrogens (tertiary/aromatic N) is 2. The van der Waals surface area contributed by atoms with Gasteiger partial charge in [-0.15, -0.1) is 0 Å². The minimum Gasteiger partial charge on any atom is -0.478 e. The number of aromatic nitrogens is 2. The van der Waals surface area contributed by atoms with E-state index >= 15 is 0 Å². The molecule has 0 saturated carbocycles. The van der Waals surface area contributed by atoms with Gasteiger partial charge in [0.25, 0.3) is 0 Å². The Bertz CT molecular complexity index is 1170. The van der Waals surface area contributed by atoms with Crippen molar-refractivity contribution < 1.29 is 18.7 Å². The van der Waals surface area contributed by atoms with Crippen molar-refractivity contribution >= 4 is 16.9 Å². The van der Waals surface area contributed by atoms with Crippen LogP contribution >= 0.6 is 0 Å². The standard InChI is InChI=1S/C29H38N2O5/c1-21(2)19-29(3,4)28(33)35-16-12-8-6-5-7-11-15-34-26-18-25-22(20-31-26)17-23(27(32)36-25)24-13-9-10-14-30-24/h9-10,13-14,17-18,20-21H,5-8,11-12,15-16,19H2,1-4H3. The molecule has 0 aliphatic rings. The van der Waals surface area contributed by atoms with Gasteiger partial charge in [0.1, 0.15) is 5.58 Å². The van der Waals surface area contributed by atoms with Crippen LogP contribution in [0.1, 0.15) is 72.6 Å². The van der Waals surface area contributed by atoms with E-state index in [0.29, 0.717) is 41.9 Å². The van der Waals surface area contributed by atoms with Crippen molar-refractivity contribution in [3.05, 3.63) is 53.1 Å². The molecule has 0 amide bonds. The number of hydrogen-bond acceptors (Lipinski definition) is 7. The fourth-order valence-electron chi connectivity index (χ4n) is 4.33. The third kappa shape index (κ3) is 8.18. The van der Waals surface area contributed by atoms with Crippen LogP contribution in [0.4, 0.5) is 0 Å². The zero-order valence-corrected chi connectivity index (χ0v) is 21.9. The van der Waals surface area contributed by atoms with Crippen molar-refractivity contribution in [2.24, 2.45) is 11.3 Å². The minimum atomic E-state index is -0.438. The van der Waals surface area contributed by atoms with Gasteiger partial charge in [-0.1, -0.05) is 45.6 Å². The fraction of sp³-hybridized carbons (Fsp3) is 0.517. The van der Waals surface area contributed by atoms with Crippen LogP contribution in [-0.4, -0.2) is 29.2 Å². The molecule has 3 aromatic rings. The van der Waals surface area contributed by atoms with Gasteiger partial charge in [-0.05, 0) is 57.2 Å². The number of pyridine rings is 2. The minimum absolute atomic E-state index is 0.0939. The van der Waals surface area contributed by atoms with E-state index in [-0.39, 0.29) is 5.97 Å². The molecule has 194 valence electrons. The zero-order chi connectivity index (χ0) is 26.0.